The van der Waals surface area contributed by atoms with Gasteiger partial charge in [-0.25, -0.2) is 0 Å². The van der Waals surface area contributed by atoms with Crippen LogP contribution in [-0.4, -0.2) is 19.9 Å². The maximum absolute atomic E-state index is 5.56. The Labute approximate surface area is 109 Å². The summed E-state index contributed by atoms with van der Waals surface area (Å²) in [4.78, 5) is 4.33. The fourth-order valence-electron chi connectivity index (χ4n) is 1.76. The highest BCUT2D eigenvalue weighted by Crippen LogP contribution is 2.21. The lowest BCUT2D eigenvalue weighted by molar-refractivity contribution is 0.432. The molecule has 2 N–H and O–H groups in total. The highest BCUT2D eigenvalue weighted by atomic mass is 16.5. The molecule has 3 aromatic rings. The first kappa shape index (κ1) is 11.6. The lowest BCUT2D eigenvalue weighted by Gasteiger charge is -1.96. The van der Waals surface area contributed by atoms with Crippen molar-refractivity contribution >= 4 is 0 Å². The minimum absolute atomic E-state index is 0.476. The smallest absolute Gasteiger partial charge is 0.258 e. The summed E-state index contributed by atoms with van der Waals surface area (Å²) in [5.41, 5.74) is 8.18. The second kappa shape index (κ2) is 4.66. The van der Waals surface area contributed by atoms with E-state index >= 15 is 0 Å². The Morgan fingerprint density at radius 2 is 2.00 bits per heavy atom. The molecule has 0 aliphatic rings. The number of benzene rings is 1. The van der Waals surface area contributed by atoms with E-state index in [-0.39, 0.29) is 0 Å². The van der Waals surface area contributed by atoms with Crippen molar-refractivity contribution in [2.24, 2.45) is 12.8 Å². The fraction of sp³-hybridized carbons (Fsp3) is 0.154. The summed E-state index contributed by atoms with van der Waals surface area (Å²) in [5, 5.41) is 8.16. The second-order valence-electron chi connectivity index (χ2n) is 4.20. The third-order valence-corrected chi connectivity index (χ3v) is 2.81. The molecule has 2 heterocycles. The molecule has 0 spiro atoms. The van der Waals surface area contributed by atoms with E-state index in [2.05, 4.69) is 15.2 Å². The quantitative estimate of drug-likeness (QED) is 0.768. The van der Waals surface area contributed by atoms with E-state index < -0.39 is 0 Å². The summed E-state index contributed by atoms with van der Waals surface area (Å²) in [5.74, 6) is 0.961. The van der Waals surface area contributed by atoms with Gasteiger partial charge < -0.3 is 10.3 Å². The van der Waals surface area contributed by atoms with E-state index in [1.807, 2.05) is 43.6 Å². The van der Waals surface area contributed by atoms with Gasteiger partial charge in [0, 0.05) is 25.4 Å². The van der Waals surface area contributed by atoms with Crippen LogP contribution in [0, 0.1) is 0 Å². The number of nitrogens with zero attached hydrogens (tertiary/aromatic N) is 4. The first-order valence-electron chi connectivity index (χ1n) is 5.89. The zero-order chi connectivity index (χ0) is 13.2. The second-order valence-corrected chi connectivity index (χ2v) is 4.20. The van der Waals surface area contributed by atoms with Gasteiger partial charge in [-0.2, -0.15) is 10.1 Å². The van der Waals surface area contributed by atoms with Gasteiger partial charge in [0.05, 0.1) is 0 Å². The Morgan fingerprint density at radius 3 is 2.63 bits per heavy atom. The van der Waals surface area contributed by atoms with Crippen molar-refractivity contribution in [1.29, 1.82) is 0 Å². The van der Waals surface area contributed by atoms with Crippen molar-refractivity contribution in [3.05, 3.63) is 42.1 Å². The Bertz CT molecular complexity index is 683. The summed E-state index contributed by atoms with van der Waals surface area (Å²) >= 11 is 0. The zero-order valence-corrected chi connectivity index (χ0v) is 10.4. The van der Waals surface area contributed by atoms with Crippen LogP contribution in [0.15, 0.2) is 41.1 Å². The van der Waals surface area contributed by atoms with E-state index in [0.717, 1.165) is 11.1 Å². The molecule has 0 saturated carbocycles. The van der Waals surface area contributed by atoms with Crippen molar-refractivity contribution in [1.82, 2.24) is 19.9 Å². The predicted molar refractivity (Wildman–Crippen MR) is 69.8 cm³/mol. The van der Waals surface area contributed by atoms with E-state index in [1.54, 1.807) is 4.68 Å². The molecule has 0 fully saturated rings. The van der Waals surface area contributed by atoms with Crippen molar-refractivity contribution in [3.8, 4) is 23.0 Å². The van der Waals surface area contributed by atoms with Crippen LogP contribution in [0.25, 0.3) is 23.0 Å². The van der Waals surface area contributed by atoms with Gasteiger partial charge in [-0.1, -0.05) is 17.3 Å². The van der Waals surface area contributed by atoms with Crippen molar-refractivity contribution in [2.45, 2.75) is 6.54 Å². The maximum Gasteiger partial charge on any atom is 0.258 e. The van der Waals surface area contributed by atoms with Gasteiger partial charge in [0.1, 0.15) is 5.69 Å². The Kier molecular flexibility index (Phi) is 2.85. The summed E-state index contributed by atoms with van der Waals surface area (Å²) in [6.45, 7) is 0.517. The van der Waals surface area contributed by atoms with Crippen LogP contribution in [0.1, 0.15) is 5.56 Å². The van der Waals surface area contributed by atoms with Crippen LogP contribution in [0.5, 0.6) is 0 Å². The minimum Gasteiger partial charge on any atom is -0.334 e. The normalized spacial score (nSPS) is 10.8. The van der Waals surface area contributed by atoms with E-state index in [0.29, 0.717) is 24.0 Å². The molecule has 0 radical (unpaired) electrons. The average molecular weight is 255 g/mol. The summed E-state index contributed by atoms with van der Waals surface area (Å²) in [7, 11) is 1.84. The van der Waals surface area contributed by atoms with Gasteiger partial charge in [-0.15, -0.1) is 0 Å². The molecule has 0 saturated heterocycles. The molecule has 96 valence electrons. The zero-order valence-electron chi connectivity index (χ0n) is 10.4. The van der Waals surface area contributed by atoms with Gasteiger partial charge in [0.2, 0.25) is 5.82 Å². The SMILES string of the molecule is Cn1ccc(-c2noc(-c3ccc(CN)cc3)n2)n1. The third kappa shape index (κ3) is 2.25. The molecule has 0 bridgehead atoms. The molecule has 3 rings (SSSR count). The molecule has 0 unspecified atom stereocenters. The monoisotopic (exact) mass is 255 g/mol. The largest absolute Gasteiger partial charge is 0.334 e. The van der Waals surface area contributed by atoms with E-state index in [9.17, 15) is 0 Å². The molecule has 2 aromatic heterocycles. The maximum atomic E-state index is 5.56. The van der Waals surface area contributed by atoms with Crippen LogP contribution in [0.2, 0.25) is 0 Å². The number of hydrogen-bond donors (Lipinski definition) is 1. The molecular formula is C13H13N5O. The highest BCUT2D eigenvalue weighted by Gasteiger charge is 2.12. The molecule has 0 aliphatic carbocycles. The Hall–Kier alpha value is -2.47. The van der Waals surface area contributed by atoms with Crippen molar-refractivity contribution in [2.75, 3.05) is 0 Å². The molecule has 6 heteroatoms. The Morgan fingerprint density at radius 1 is 1.21 bits per heavy atom. The number of aromatic nitrogens is 4. The molecule has 0 atom stereocenters. The van der Waals surface area contributed by atoms with Crippen LogP contribution in [-0.2, 0) is 13.6 Å². The van der Waals surface area contributed by atoms with Crippen LogP contribution < -0.4 is 5.73 Å². The summed E-state index contributed by atoms with van der Waals surface area (Å²) in [6.07, 6.45) is 1.83. The summed E-state index contributed by atoms with van der Waals surface area (Å²) < 4.78 is 6.94. The number of nitrogens with two attached hydrogens (primary N) is 1. The third-order valence-electron chi connectivity index (χ3n) is 2.81. The highest BCUT2D eigenvalue weighted by molar-refractivity contribution is 5.57. The molecular weight excluding hydrogens is 242 g/mol. The van der Waals surface area contributed by atoms with Gasteiger partial charge in [-0.05, 0) is 23.8 Å². The Balaban J connectivity index is 1.91. The standard InChI is InChI=1S/C13H13N5O/c1-18-7-6-11(16-18)12-15-13(19-17-12)10-4-2-9(8-14)3-5-10/h2-7H,8,14H2,1H3. The van der Waals surface area contributed by atoms with Gasteiger partial charge in [0.25, 0.3) is 5.89 Å². The number of aryl methyl sites for hydroxylation is 1. The lowest BCUT2D eigenvalue weighted by atomic mass is 10.1. The van der Waals surface area contributed by atoms with E-state index in [4.69, 9.17) is 10.3 Å². The lowest BCUT2D eigenvalue weighted by Crippen LogP contribution is -1.95. The number of hydrogen-bond acceptors (Lipinski definition) is 5. The van der Waals surface area contributed by atoms with Crippen LogP contribution in [0.3, 0.4) is 0 Å². The fourth-order valence-corrected chi connectivity index (χ4v) is 1.76. The van der Waals surface area contributed by atoms with E-state index in [1.165, 1.54) is 0 Å². The van der Waals surface area contributed by atoms with Crippen molar-refractivity contribution < 1.29 is 4.52 Å². The topological polar surface area (TPSA) is 82.8 Å². The number of rotatable bonds is 3. The minimum atomic E-state index is 0.476. The molecule has 0 aliphatic heterocycles. The molecule has 0 amide bonds. The van der Waals surface area contributed by atoms with Crippen molar-refractivity contribution in [3.63, 3.8) is 0 Å². The predicted octanol–water partition coefficient (Wildman–Crippen LogP) is 1.60. The molecule has 6 nitrogen and oxygen atoms in total. The first-order valence-corrected chi connectivity index (χ1v) is 5.89. The summed E-state index contributed by atoms with van der Waals surface area (Å²) in [6, 6.07) is 9.56. The average Bonchev–Trinajstić information content (AvgIpc) is 3.07. The molecule has 1 aromatic carbocycles. The van der Waals surface area contributed by atoms with Crippen LogP contribution in [0.4, 0.5) is 0 Å². The van der Waals surface area contributed by atoms with Gasteiger partial charge in [0.15, 0.2) is 0 Å². The van der Waals surface area contributed by atoms with Gasteiger partial charge >= 0.3 is 0 Å². The van der Waals surface area contributed by atoms with Gasteiger partial charge in [-0.3, -0.25) is 4.68 Å². The van der Waals surface area contributed by atoms with Crippen LogP contribution >= 0.6 is 0 Å². The first-order chi connectivity index (χ1) is 9.26. The molecule has 19 heavy (non-hydrogen) atoms.